The van der Waals surface area contributed by atoms with E-state index in [0.717, 1.165) is 24.4 Å². The van der Waals surface area contributed by atoms with E-state index in [1.54, 1.807) is 6.92 Å². The first kappa shape index (κ1) is 16.6. The number of carbonyl (C=O) groups is 1. The number of anilines is 1. The van der Waals surface area contributed by atoms with Crippen molar-refractivity contribution in [3.8, 4) is 0 Å². The van der Waals surface area contributed by atoms with Crippen LogP contribution in [0.4, 0.5) is 5.69 Å². The lowest BCUT2D eigenvalue weighted by atomic mass is 9.73. The van der Waals surface area contributed by atoms with Gasteiger partial charge in [0.25, 0.3) is 0 Å². The first-order valence-corrected chi connectivity index (χ1v) is 10.5. The molecule has 4 nitrogen and oxygen atoms in total. The van der Waals surface area contributed by atoms with E-state index in [0.29, 0.717) is 0 Å². The van der Waals surface area contributed by atoms with Gasteiger partial charge in [-0.05, 0) is 68.7 Å². The third-order valence-electron chi connectivity index (χ3n) is 7.65. The maximum atomic E-state index is 11.6. The van der Waals surface area contributed by atoms with Gasteiger partial charge in [0.15, 0.2) is 0 Å². The number of rotatable bonds is 2. The van der Waals surface area contributed by atoms with Crippen molar-refractivity contribution in [2.75, 3.05) is 24.6 Å². The van der Waals surface area contributed by atoms with Gasteiger partial charge in [-0.3, -0.25) is 15.2 Å². The number of hydrogen-bond acceptors (Lipinski definition) is 3. The van der Waals surface area contributed by atoms with Crippen molar-refractivity contribution >= 4 is 11.6 Å². The van der Waals surface area contributed by atoms with E-state index >= 15 is 0 Å². The van der Waals surface area contributed by atoms with Gasteiger partial charge in [-0.15, -0.1) is 0 Å². The molecule has 2 atom stereocenters. The minimum Gasteiger partial charge on any atom is -0.300 e. The number of hydrogen-bond donors (Lipinski definition) is 1. The summed E-state index contributed by atoms with van der Waals surface area (Å²) in [6, 6.07) is 9.52. The Labute approximate surface area is 156 Å². The Morgan fingerprint density at radius 3 is 2.46 bits per heavy atom. The van der Waals surface area contributed by atoms with Gasteiger partial charge in [-0.1, -0.05) is 31.0 Å². The molecule has 26 heavy (non-hydrogen) atoms. The molecule has 2 aliphatic carbocycles. The summed E-state index contributed by atoms with van der Waals surface area (Å²) in [5.41, 5.74) is 5.90. The highest BCUT2D eigenvalue weighted by atomic mass is 16.2. The normalized spacial score (nSPS) is 32.7. The third-order valence-corrected chi connectivity index (χ3v) is 7.65. The summed E-state index contributed by atoms with van der Waals surface area (Å²) >= 11 is 0. The van der Waals surface area contributed by atoms with Gasteiger partial charge >= 0.3 is 0 Å². The van der Waals surface area contributed by atoms with Crippen molar-refractivity contribution in [2.24, 2.45) is 11.8 Å². The molecule has 2 heterocycles. The van der Waals surface area contributed by atoms with E-state index < -0.39 is 0 Å². The second-order valence-corrected chi connectivity index (χ2v) is 9.26. The molecule has 4 heteroatoms. The summed E-state index contributed by atoms with van der Waals surface area (Å²) in [4.78, 5) is 14.5. The van der Waals surface area contributed by atoms with Crippen LogP contribution in [0.3, 0.4) is 0 Å². The molecule has 1 N–H and O–H groups in total. The van der Waals surface area contributed by atoms with Gasteiger partial charge in [0.1, 0.15) is 0 Å². The highest BCUT2D eigenvalue weighted by Gasteiger charge is 2.46. The first-order chi connectivity index (χ1) is 12.6. The number of hydrazine groups is 1. The number of benzene rings is 1. The van der Waals surface area contributed by atoms with E-state index in [-0.39, 0.29) is 11.3 Å². The number of amides is 1. The number of piperidine rings is 1. The first-order valence-electron chi connectivity index (χ1n) is 10.5. The lowest BCUT2D eigenvalue weighted by Crippen LogP contribution is -2.51. The van der Waals surface area contributed by atoms with Crippen LogP contribution in [0.15, 0.2) is 24.3 Å². The Hall–Kier alpha value is -1.55. The van der Waals surface area contributed by atoms with Crippen LogP contribution >= 0.6 is 0 Å². The molecule has 3 fully saturated rings. The molecule has 2 unspecified atom stereocenters. The van der Waals surface area contributed by atoms with Gasteiger partial charge in [0.05, 0.1) is 5.69 Å². The fourth-order valence-corrected chi connectivity index (χ4v) is 6.44. The van der Waals surface area contributed by atoms with Crippen LogP contribution in [0, 0.1) is 11.8 Å². The summed E-state index contributed by atoms with van der Waals surface area (Å²) in [7, 11) is 0. The number of carbonyl (C=O) groups excluding carboxylic acids is 1. The summed E-state index contributed by atoms with van der Waals surface area (Å²) in [5.74, 6) is 2.04. The molecule has 1 aromatic carbocycles. The van der Waals surface area contributed by atoms with Crippen molar-refractivity contribution < 1.29 is 4.79 Å². The monoisotopic (exact) mass is 353 g/mol. The fourth-order valence-electron chi connectivity index (χ4n) is 6.44. The van der Waals surface area contributed by atoms with Crippen molar-refractivity contribution in [2.45, 2.75) is 63.3 Å². The van der Waals surface area contributed by atoms with E-state index in [1.165, 1.54) is 69.3 Å². The molecule has 1 spiro atoms. The molecule has 0 aromatic heterocycles. The zero-order valence-corrected chi connectivity index (χ0v) is 15.9. The van der Waals surface area contributed by atoms with Gasteiger partial charge in [-0.25, -0.2) is 0 Å². The predicted octanol–water partition coefficient (Wildman–Crippen LogP) is 3.47. The Kier molecular flexibility index (Phi) is 4.00. The van der Waals surface area contributed by atoms with Crippen LogP contribution in [-0.4, -0.2) is 36.5 Å². The second-order valence-electron chi connectivity index (χ2n) is 9.26. The number of nitrogens with zero attached hydrogens (tertiary/aromatic N) is 2. The molecular formula is C22H31N3O. The minimum atomic E-state index is 0.0203. The topological polar surface area (TPSA) is 35.6 Å². The number of para-hydroxylation sites is 1. The molecule has 2 aliphatic heterocycles. The quantitative estimate of drug-likeness (QED) is 0.884. The maximum absolute atomic E-state index is 11.6. The fraction of sp³-hybridized carbons (Fsp3) is 0.682. The van der Waals surface area contributed by atoms with E-state index in [1.807, 2.05) is 0 Å². The summed E-state index contributed by atoms with van der Waals surface area (Å²) in [6.45, 7) is 4.96. The molecule has 1 amide bonds. The van der Waals surface area contributed by atoms with Crippen LogP contribution in [-0.2, 0) is 10.2 Å². The lowest BCUT2D eigenvalue weighted by Gasteiger charge is -2.45. The zero-order valence-electron chi connectivity index (χ0n) is 15.9. The second kappa shape index (κ2) is 6.26. The molecule has 1 aromatic rings. The molecular weight excluding hydrogens is 322 g/mol. The summed E-state index contributed by atoms with van der Waals surface area (Å²) in [5, 5.41) is 2.09. The Morgan fingerprint density at radius 2 is 1.77 bits per heavy atom. The smallest absolute Gasteiger partial charge is 0.235 e. The largest absolute Gasteiger partial charge is 0.300 e. The standard InChI is InChI=1S/C22H31N3O/c1-16(26)23-25-15-22(20-4-2-3-5-21(20)25)8-10-24(11-9-22)19-13-17-6-7-18(12-17)14-19/h2-5,17-19H,6-15H2,1H3,(H,23,26). The molecule has 2 saturated carbocycles. The van der Waals surface area contributed by atoms with Crippen LogP contribution in [0.25, 0.3) is 0 Å². The third kappa shape index (κ3) is 2.74. The zero-order chi connectivity index (χ0) is 17.7. The molecule has 0 radical (unpaired) electrons. The van der Waals surface area contributed by atoms with E-state index in [2.05, 4.69) is 39.6 Å². The van der Waals surface area contributed by atoms with Crippen molar-refractivity contribution in [3.63, 3.8) is 0 Å². The molecule has 4 aliphatic rings. The minimum absolute atomic E-state index is 0.0203. The highest BCUT2D eigenvalue weighted by Crippen LogP contribution is 2.48. The van der Waals surface area contributed by atoms with Crippen molar-refractivity contribution in [1.82, 2.24) is 10.3 Å². The van der Waals surface area contributed by atoms with Crippen molar-refractivity contribution in [3.05, 3.63) is 29.8 Å². The summed E-state index contributed by atoms with van der Waals surface area (Å²) < 4.78 is 0. The summed E-state index contributed by atoms with van der Waals surface area (Å²) in [6.07, 6.45) is 9.79. The average Bonchev–Trinajstić information content (AvgIpc) is 3.13. The van der Waals surface area contributed by atoms with Gasteiger partial charge in [-0.2, -0.15) is 0 Å². The van der Waals surface area contributed by atoms with E-state index in [9.17, 15) is 4.79 Å². The molecule has 5 rings (SSSR count). The van der Waals surface area contributed by atoms with E-state index in [4.69, 9.17) is 0 Å². The highest BCUT2D eigenvalue weighted by molar-refractivity contribution is 5.77. The van der Waals surface area contributed by atoms with Crippen LogP contribution < -0.4 is 10.4 Å². The van der Waals surface area contributed by atoms with Gasteiger partial charge in [0.2, 0.25) is 5.91 Å². The SMILES string of the molecule is CC(=O)NN1CC2(CCN(C3CC4CCC(C4)C3)CC2)c2ccccc21. The number of fused-ring (bicyclic) bond motifs is 4. The van der Waals surface area contributed by atoms with Gasteiger partial charge in [0, 0.05) is 24.9 Å². The van der Waals surface area contributed by atoms with Gasteiger partial charge < -0.3 is 4.90 Å². The lowest BCUT2D eigenvalue weighted by molar-refractivity contribution is -0.119. The molecule has 1 saturated heterocycles. The Morgan fingerprint density at radius 1 is 1.08 bits per heavy atom. The number of nitrogens with one attached hydrogen (secondary N) is 1. The predicted molar refractivity (Wildman–Crippen MR) is 104 cm³/mol. The number of likely N-dealkylation sites (tertiary alicyclic amines) is 1. The molecule has 140 valence electrons. The average molecular weight is 354 g/mol. The van der Waals surface area contributed by atoms with Crippen LogP contribution in [0.1, 0.15) is 57.4 Å². The van der Waals surface area contributed by atoms with Crippen molar-refractivity contribution in [1.29, 1.82) is 0 Å². The Bertz CT molecular complexity index is 682. The molecule has 2 bridgehead atoms. The Balaban J connectivity index is 1.32. The van der Waals surface area contributed by atoms with Crippen LogP contribution in [0.2, 0.25) is 0 Å². The maximum Gasteiger partial charge on any atom is 0.235 e. The van der Waals surface area contributed by atoms with Crippen LogP contribution in [0.5, 0.6) is 0 Å².